The Bertz CT molecular complexity index is 782. The van der Waals surface area contributed by atoms with E-state index in [-0.39, 0.29) is 5.91 Å². The maximum Gasteiger partial charge on any atom is 0.272 e. The molecule has 1 unspecified atom stereocenters. The van der Waals surface area contributed by atoms with Gasteiger partial charge in [-0.2, -0.15) is 0 Å². The Labute approximate surface area is 155 Å². The van der Waals surface area contributed by atoms with E-state index in [2.05, 4.69) is 48.2 Å². The molecule has 1 aliphatic heterocycles. The van der Waals surface area contributed by atoms with Crippen LogP contribution in [0.1, 0.15) is 60.0 Å². The molecule has 1 aromatic carbocycles. The largest absolute Gasteiger partial charge is 0.340 e. The van der Waals surface area contributed by atoms with Crippen LogP contribution in [0, 0.1) is 20.8 Å². The number of benzene rings is 1. The molecule has 138 valence electrons. The van der Waals surface area contributed by atoms with E-state index >= 15 is 0 Å². The normalized spacial score (nSPS) is 17.2. The summed E-state index contributed by atoms with van der Waals surface area (Å²) < 4.78 is 0. The van der Waals surface area contributed by atoms with Gasteiger partial charge in [-0.25, -0.2) is 9.97 Å². The van der Waals surface area contributed by atoms with Gasteiger partial charge in [0.15, 0.2) is 0 Å². The van der Waals surface area contributed by atoms with Crippen molar-refractivity contribution in [3.63, 3.8) is 0 Å². The molecule has 1 amide bonds. The second-order valence-electron chi connectivity index (χ2n) is 7.13. The fourth-order valence-electron chi connectivity index (χ4n) is 3.72. The number of piperidine rings is 1. The summed E-state index contributed by atoms with van der Waals surface area (Å²) in [6, 6.07) is 8.27. The molecular formula is C21H28N4O. The number of para-hydroxylation sites is 1. The molecule has 1 N–H and O–H groups in total. The molecule has 5 heteroatoms. The summed E-state index contributed by atoms with van der Waals surface area (Å²) in [7, 11) is 0. The number of hydrogen-bond donors (Lipinski definition) is 1. The van der Waals surface area contributed by atoms with Crippen molar-refractivity contribution < 1.29 is 4.79 Å². The molecule has 0 radical (unpaired) electrons. The van der Waals surface area contributed by atoms with Crippen molar-refractivity contribution in [3.05, 3.63) is 46.9 Å². The van der Waals surface area contributed by atoms with Gasteiger partial charge in [0.2, 0.25) is 0 Å². The quantitative estimate of drug-likeness (QED) is 0.877. The third-order valence-corrected chi connectivity index (χ3v) is 5.15. The first-order valence-corrected chi connectivity index (χ1v) is 9.49. The Kier molecular flexibility index (Phi) is 5.55. The van der Waals surface area contributed by atoms with Crippen molar-refractivity contribution in [2.24, 2.45) is 0 Å². The lowest BCUT2D eigenvalue weighted by atomic mass is 9.99. The second-order valence-corrected chi connectivity index (χ2v) is 7.13. The van der Waals surface area contributed by atoms with E-state index < -0.39 is 0 Å². The van der Waals surface area contributed by atoms with Crippen LogP contribution in [0.5, 0.6) is 0 Å². The van der Waals surface area contributed by atoms with Gasteiger partial charge < -0.3 is 10.2 Å². The van der Waals surface area contributed by atoms with Crippen LogP contribution in [0.3, 0.4) is 0 Å². The molecular weight excluding hydrogens is 324 g/mol. The molecule has 1 saturated heterocycles. The molecule has 0 aliphatic carbocycles. The molecule has 5 nitrogen and oxygen atoms in total. The maximum atomic E-state index is 13.1. The summed E-state index contributed by atoms with van der Waals surface area (Å²) in [5, 5.41) is 3.38. The van der Waals surface area contributed by atoms with Gasteiger partial charge in [-0.3, -0.25) is 4.79 Å². The van der Waals surface area contributed by atoms with E-state index in [4.69, 9.17) is 0 Å². The number of rotatable bonds is 4. The monoisotopic (exact) mass is 352 g/mol. The topological polar surface area (TPSA) is 58.1 Å². The van der Waals surface area contributed by atoms with Gasteiger partial charge >= 0.3 is 0 Å². The fourth-order valence-corrected chi connectivity index (χ4v) is 3.72. The van der Waals surface area contributed by atoms with Crippen molar-refractivity contribution in [2.75, 3.05) is 11.9 Å². The highest BCUT2D eigenvalue weighted by atomic mass is 16.2. The lowest BCUT2D eigenvalue weighted by Gasteiger charge is -2.35. The lowest BCUT2D eigenvalue weighted by molar-refractivity contribution is 0.0601. The third kappa shape index (κ3) is 3.87. The number of carbonyl (C=O) groups is 1. The summed E-state index contributed by atoms with van der Waals surface area (Å²) in [5.41, 5.74) is 3.81. The van der Waals surface area contributed by atoms with Crippen LogP contribution in [0.15, 0.2) is 24.3 Å². The van der Waals surface area contributed by atoms with Gasteiger partial charge in [0.25, 0.3) is 5.91 Å². The Hall–Kier alpha value is -2.43. The predicted molar refractivity (Wildman–Crippen MR) is 105 cm³/mol. The zero-order valence-electron chi connectivity index (χ0n) is 16.2. The summed E-state index contributed by atoms with van der Waals surface area (Å²) >= 11 is 0. The van der Waals surface area contributed by atoms with E-state index in [9.17, 15) is 4.79 Å². The number of aromatic nitrogens is 2. The highest BCUT2D eigenvalue weighted by Crippen LogP contribution is 2.25. The van der Waals surface area contributed by atoms with Crippen LogP contribution in [0.4, 0.5) is 11.5 Å². The Morgan fingerprint density at radius 1 is 1.19 bits per heavy atom. The minimum absolute atomic E-state index is 0.0200. The smallest absolute Gasteiger partial charge is 0.272 e. The second kappa shape index (κ2) is 7.85. The molecule has 0 spiro atoms. The van der Waals surface area contributed by atoms with E-state index in [0.29, 0.717) is 23.4 Å². The first-order valence-electron chi connectivity index (χ1n) is 9.49. The number of anilines is 2. The average Bonchev–Trinajstić information content (AvgIpc) is 2.64. The van der Waals surface area contributed by atoms with Gasteiger partial charge in [-0.1, -0.05) is 25.1 Å². The van der Waals surface area contributed by atoms with Crippen molar-refractivity contribution in [1.82, 2.24) is 14.9 Å². The molecule has 0 saturated carbocycles. The van der Waals surface area contributed by atoms with Crippen molar-refractivity contribution in [3.8, 4) is 0 Å². The molecule has 1 aromatic heterocycles. The maximum absolute atomic E-state index is 13.1. The Balaban J connectivity index is 1.89. The van der Waals surface area contributed by atoms with Crippen molar-refractivity contribution in [1.29, 1.82) is 0 Å². The van der Waals surface area contributed by atoms with Crippen molar-refractivity contribution in [2.45, 2.75) is 59.4 Å². The summed E-state index contributed by atoms with van der Waals surface area (Å²) in [5.74, 6) is 1.30. The molecule has 26 heavy (non-hydrogen) atoms. The highest BCUT2D eigenvalue weighted by Gasteiger charge is 2.27. The number of nitrogens with one attached hydrogen (secondary N) is 1. The van der Waals surface area contributed by atoms with E-state index in [1.807, 2.05) is 17.9 Å². The number of amides is 1. The first-order chi connectivity index (χ1) is 12.5. The number of hydrogen-bond acceptors (Lipinski definition) is 4. The third-order valence-electron chi connectivity index (χ3n) is 5.15. The number of carbonyl (C=O) groups excluding carboxylic acids is 1. The lowest BCUT2D eigenvalue weighted by Crippen LogP contribution is -2.43. The molecule has 2 aromatic rings. The SMILES string of the molecule is CCC1CCCCN1C(=O)c1cc(Nc2c(C)cccc2C)nc(C)n1. The highest BCUT2D eigenvalue weighted by molar-refractivity contribution is 5.93. The van der Waals surface area contributed by atoms with Gasteiger partial charge in [0.05, 0.1) is 0 Å². The van der Waals surface area contributed by atoms with Gasteiger partial charge in [-0.15, -0.1) is 0 Å². The zero-order valence-corrected chi connectivity index (χ0v) is 16.2. The predicted octanol–water partition coefficient (Wildman–Crippen LogP) is 4.55. The van der Waals surface area contributed by atoms with Gasteiger partial charge in [0, 0.05) is 24.3 Å². The standard InChI is InChI=1S/C21H28N4O/c1-5-17-11-6-7-12-25(17)21(26)18-13-19(23-16(4)22-18)24-20-14(2)9-8-10-15(20)3/h8-10,13,17H,5-7,11-12H2,1-4H3,(H,22,23,24). The molecule has 1 atom stereocenters. The van der Waals surface area contributed by atoms with E-state index in [0.717, 1.165) is 42.6 Å². The van der Waals surface area contributed by atoms with E-state index in [1.54, 1.807) is 6.07 Å². The summed E-state index contributed by atoms with van der Waals surface area (Å²) in [6.45, 7) is 8.93. The van der Waals surface area contributed by atoms with Gasteiger partial charge in [0.1, 0.15) is 17.3 Å². The van der Waals surface area contributed by atoms with Gasteiger partial charge in [-0.05, 0) is 57.6 Å². The minimum Gasteiger partial charge on any atom is -0.340 e. The van der Waals surface area contributed by atoms with Crippen LogP contribution in [0.25, 0.3) is 0 Å². The summed E-state index contributed by atoms with van der Waals surface area (Å²) in [6.07, 6.45) is 4.34. The summed E-state index contributed by atoms with van der Waals surface area (Å²) in [4.78, 5) is 24.0. The fraction of sp³-hybridized carbons (Fsp3) is 0.476. The number of aryl methyl sites for hydroxylation is 3. The van der Waals surface area contributed by atoms with E-state index in [1.165, 1.54) is 6.42 Å². The number of nitrogens with zero attached hydrogens (tertiary/aromatic N) is 3. The van der Waals surface area contributed by atoms with Crippen LogP contribution < -0.4 is 5.32 Å². The average molecular weight is 352 g/mol. The van der Waals surface area contributed by atoms with Crippen LogP contribution in [0.2, 0.25) is 0 Å². The van der Waals surface area contributed by atoms with Crippen LogP contribution in [-0.2, 0) is 0 Å². The molecule has 3 rings (SSSR count). The first kappa shape index (κ1) is 18.4. The number of likely N-dealkylation sites (tertiary alicyclic amines) is 1. The Morgan fingerprint density at radius 3 is 2.62 bits per heavy atom. The zero-order chi connectivity index (χ0) is 18.7. The van der Waals surface area contributed by atoms with Crippen molar-refractivity contribution >= 4 is 17.4 Å². The minimum atomic E-state index is 0.0200. The molecule has 1 fully saturated rings. The van der Waals surface area contributed by atoms with Crippen LogP contribution in [-0.4, -0.2) is 33.4 Å². The molecule has 1 aliphatic rings. The van der Waals surface area contributed by atoms with Crippen LogP contribution >= 0.6 is 0 Å². The molecule has 2 heterocycles. The molecule has 0 bridgehead atoms. The Morgan fingerprint density at radius 2 is 1.92 bits per heavy atom.